The van der Waals surface area contributed by atoms with Crippen molar-refractivity contribution >= 4 is 11.0 Å². The Morgan fingerprint density at radius 3 is 2.93 bits per heavy atom. The average Bonchev–Trinajstić information content (AvgIpc) is 2.29. The first-order valence-electron chi connectivity index (χ1n) is 5.13. The van der Waals surface area contributed by atoms with Gasteiger partial charge in [-0.25, -0.2) is 9.97 Å². The van der Waals surface area contributed by atoms with Gasteiger partial charge in [0.15, 0.2) is 0 Å². The molecule has 0 saturated heterocycles. The van der Waals surface area contributed by atoms with E-state index in [-0.39, 0.29) is 0 Å². The fourth-order valence-electron chi connectivity index (χ4n) is 1.64. The molecule has 2 aromatic rings. The van der Waals surface area contributed by atoms with Crippen molar-refractivity contribution < 1.29 is 4.74 Å². The van der Waals surface area contributed by atoms with E-state index >= 15 is 0 Å². The second kappa shape index (κ2) is 4.26. The van der Waals surface area contributed by atoms with E-state index in [1.807, 2.05) is 12.1 Å². The second-order valence-electron chi connectivity index (χ2n) is 3.45. The quantitative estimate of drug-likeness (QED) is 0.767. The lowest BCUT2D eigenvalue weighted by atomic mass is 10.1. The zero-order valence-corrected chi connectivity index (χ0v) is 9.03. The van der Waals surface area contributed by atoms with E-state index in [2.05, 4.69) is 23.0 Å². The predicted octanol–water partition coefficient (Wildman–Crippen LogP) is 2.59. The molecule has 0 unspecified atom stereocenters. The lowest BCUT2D eigenvalue weighted by Gasteiger charge is -2.05. The molecule has 15 heavy (non-hydrogen) atoms. The highest BCUT2D eigenvalue weighted by atomic mass is 16.5. The van der Waals surface area contributed by atoms with Crippen LogP contribution in [0.1, 0.15) is 18.9 Å². The van der Waals surface area contributed by atoms with Crippen LogP contribution >= 0.6 is 0 Å². The Bertz CT molecular complexity index is 468. The van der Waals surface area contributed by atoms with Crippen LogP contribution in [0.3, 0.4) is 0 Å². The minimum Gasteiger partial charge on any atom is -0.480 e. The number of rotatable bonds is 3. The average molecular weight is 202 g/mol. The number of methoxy groups -OCH3 is 1. The molecule has 0 spiro atoms. The zero-order chi connectivity index (χ0) is 10.7. The smallest absolute Gasteiger partial charge is 0.232 e. The van der Waals surface area contributed by atoms with Crippen LogP contribution in [0.2, 0.25) is 0 Å². The minimum absolute atomic E-state index is 0.575. The van der Waals surface area contributed by atoms with Crippen molar-refractivity contribution in [2.24, 2.45) is 0 Å². The van der Waals surface area contributed by atoms with Gasteiger partial charge in [-0.2, -0.15) is 0 Å². The molecule has 0 N–H and O–H groups in total. The highest BCUT2D eigenvalue weighted by Gasteiger charge is 2.04. The second-order valence-corrected chi connectivity index (χ2v) is 3.45. The number of para-hydroxylation sites is 1. The van der Waals surface area contributed by atoms with Crippen LogP contribution in [0.25, 0.3) is 11.0 Å². The summed E-state index contributed by atoms with van der Waals surface area (Å²) in [4.78, 5) is 8.73. The molecule has 0 aliphatic carbocycles. The van der Waals surface area contributed by atoms with Crippen molar-refractivity contribution in [1.82, 2.24) is 9.97 Å². The van der Waals surface area contributed by atoms with Crippen LogP contribution in [-0.2, 0) is 6.42 Å². The first kappa shape index (κ1) is 9.90. The molecule has 1 heterocycles. The summed E-state index contributed by atoms with van der Waals surface area (Å²) in [6, 6.07) is 6.09. The molecule has 3 nitrogen and oxygen atoms in total. The van der Waals surface area contributed by atoms with E-state index in [9.17, 15) is 0 Å². The van der Waals surface area contributed by atoms with Crippen molar-refractivity contribution in [3.63, 3.8) is 0 Å². The summed E-state index contributed by atoms with van der Waals surface area (Å²) in [6.45, 7) is 2.16. The standard InChI is InChI=1S/C12H14N2O/c1-3-5-9-6-4-7-10-12(9)14-11(15-2)8-13-10/h4,6-8H,3,5H2,1-2H3. The van der Waals surface area contributed by atoms with Gasteiger partial charge < -0.3 is 4.74 Å². The van der Waals surface area contributed by atoms with Gasteiger partial charge >= 0.3 is 0 Å². The van der Waals surface area contributed by atoms with Gasteiger partial charge in [-0.05, 0) is 18.1 Å². The van der Waals surface area contributed by atoms with Crippen molar-refractivity contribution in [3.05, 3.63) is 30.0 Å². The Labute approximate surface area is 89.1 Å². The Morgan fingerprint density at radius 1 is 1.33 bits per heavy atom. The first-order chi connectivity index (χ1) is 7.35. The molecule has 0 bridgehead atoms. The normalized spacial score (nSPS) is 10.5. The lowest BCUT2D eigenvalue weighted by molar-refractivity contribution is 0.397. The fourth-order valence-corrected chi connectivity index (χ4v) is 1.64. The van der Waals surface area contributed by atoms with E-state index in [4.69, 9.17) is 4.74 Å². The molecule has 0 fully saturated rings. The molecular weight excluding hydrogens is 188 g/mol. The van der Waals surface area contributed by atoms with Gasteiger partial charge in [-0.3, -0.25) is 0 Å². The number of aryl methyl sites for hydroxylation is 1. The van der Waals surface area contributed by atoms with Gasteiger partial charge in [0.1, 0.15) is 0 Å². The zero-order valence-electron chi connectivity index (χ0n) is 9.03. The summed E-state index contributed by atoms with van der Waals surface area (Å²) in [7, 11) is 1.61. The topological polar surface area (TPSA) is 35.0 Å². The maximum absolute atomic E-state index is 5.08. The molecule has 78 valence electrons. The van der Waals surface area contributed by atoms with Gasteiger partial charge in [0.25, 0.3) is 0 Å². The number of hydrogen-bond acceptors (Lipinski definition) is 3. The molecule has 2 rings (SSSR count). The largest absolute Gasteiger partial charge is 0.480 e. The Kier molecular flexibility index (Phi) is 2.81. The van der Waals surface area contributed by atoms with Gasteiger partial charge in [0, 0.05) is 0 Å². The summed E-state index contributed by atoms with van der Waals surface area (Å²) < 4.78 is 5.08. The third kappa shape index (κ3) is 1.91. The third-order valence-corrected chi connectivity index (χ3v) is 2.36. The maximum atomic E-state index is 5.08. The fraction of sp³-hybridized carbons (Fsp3) is 0.333. The van der Waals surface area contributed by atoms with Crippen molar-refractivity contribution in [2.45, 2.75) is 19.8 Å². The number of aromatic nitrogens is 2. The molecular formula is C12H14N2O. The van der Waals surface area contributed by atoms with Gasteiger partial charge in [-0.15, -0.1) is 0 Å². The van der Waals surface area contributed by atoms with Crippen LogP contribution in [-0.4, -0.2) is 17.1 Å². The van der Waals surface area contributed by atoms with E-state index in [1.165, 1.54) is 5.56 Å². The summed E-state index contributed by atoms with van der Waals surface area (Å²) in [5.74, 6) is 0.575. The Hall–Kier alpha value is -1.64. The molecule has 0 aliphatic rings. The summed E-state index contributed by atoms with van der Waals surface area (Å²) >= 11 is 0. The van der Waals surface area contributed by atoms with Gasteiger partial charge in [0.2, 0.25) is 5.88 Å². The monoisotopic (exact) mass is 202 g/mol. The molecule has 0 aliphatic heterocycles. The first-order valence-corrected chi connectivity index (χ1v) is 5.13. The van der Waals surface area contributed by atoms with E-state index in [0.717, 1.165) is 23.9 Å². The molecule has 1 aromatic heterocycles. The van der Waals surface area contributed by atoms with E-state index in [0.29, 0.717) is 5.88 Å². The molecule has 0 atom stereocenters. The van der Waals surface area contributed by atoms with Crippen LogP contribution in [0, 0.1) is 0 Å². The van der Waals surface area contributed by atoms with Crippen LogP contribution < -0.4 is 4.74 Å². The number of hydrogen-bond donors (Lipinski definition) is 0. The van der Waals surface area contributed by atoms with Crippen molar-refractivity contribution in [3.8, 4) is 5.88 Å². The summed E-state index contributed by atoms with van der Waals surface area (Å²) in [5.41, 5.74) is 3.13. The SMILES string of the molecule is CCCc1cccc2ncc(OC)nc12. The maximum Gasteiger partial charge on any atom is 0.232 e. The van der Waals surface area contributed by atoms with Crippen molar-refractivity contribution in [1.29, 1.82) is 0 Å². The number of fused-ring (bicyclic) bond motifs is 1. The van der Waals surface area contributed by atoms with Gasteiger partial charge in [-0.1, -0.05) is 25.5 Å². The Morgan fingerprint density at radius 2 is 2.20 bits per heavy atom. The molecule has 3 heteroatoms. The number of benzene rings is 1. The van der Waals surface area contributed by atoms with E-state index in [1.54, 1.807) is 13.3 Å². The van der Waals surface area contributed by atoms with Crippen LogP contribution in [0.15, 0.2) is 24.4 Å². The lowest BCUT2D eigenvalue weighted by Crippen LogP contribution is -1.94. The number of ether oxygens (including phenoxy) is 1. The summed E-state index contributed by atoms with van der Waals surface area (Å²) in [5, 5.41) is 0. The highest BCUT2D eigenvalue weighted by Crippen LogP contribution is 2.18. The highest BCUT2D eigenvalue weighted by molar-refractivity contribution is 5.78. The van der Waals surface area contributed by atoms with E-state index < -0.39 is 0 Å². The Balaban J connectivity index is 2.59. The molecule has 0 radical (unpaired) electrons. The molecule has 0 saturated carbocycles. The molecule has 0 amide bonds. The van der Waals surface area contributed by atoms with Crippen molar-refractivity contribution in [2.75, 3.05) is 7.11 Å². The third-order valence-electron chi connectivity index (χ3n) is 2.36. The van der Waals surface area contributed by atoms with Crippen LogP contribution in [0.5, 0.6) is 5.88 Å². The predicted molar refractivity (Wildman–Crippen MR) is 60.1 cm³/mol. The summed E-state index contributed by atoms with van der Waals surface area (Å²) in [6.07, 6.45) is 3.79. The molecule has 1 aromatic carbocycles. The minimum atomic E-state index is 0.575. The van der Waals surface area contributed by atoms with Crippen LogP contribution in [0.4, 0.5) is 0 Å². The van der Waals surface area contributed by atoms with Gasteiger partial charge in [0.05, 0.1) is 24.3 Å². The number of nitrogens with zero attached hydrogens (tertiary/aromatic N) is 2.